The van der Waals surface area contributed by atoms with Gasteiger partial charge in [0.15, 0.2) is 0 Å². The first kappa shape index (κ1) is 19.1. The van der Waals surface area contributed by atoms with E-state index < -0.39 is 0 Å². The number of fused-ring (bicyclic) bond motifs is 1. The van der Waals surface area contributed by atoms with Crippen molar-refractivity contribution in [3.63, 3.8) is 0 Å². The maximum atomic E-state index is 13.0. The first-order chi connectivity index (χ1) is 14.0. The molecule has 0 N–H and O–H groups in total. The average Bonchev–Trinajstić information content (AvgIpc) is 3.09. The molecular weight excluding hydrogens is 366 g/mol. The van der Waals surface area contributed by atoms with Gasteiger partial charge in [0.25, 0.3) is 5.91 Å². The van der Waals surface area contributed by atoms with Crippen LogP contribution in [0.2, 0.25) is 0 Å². The minimum atomic E-state index is -0.0455. The van der Waals surface area contributed by atoms with E-state index in [1.54, 1.807) is 12.3 Å². The Morgan fingerprint density at radius 1 is 1.24 bits per heavy atom. The van der Waals surface area contributed by atoms with Crippen molar-refractivity contribution in [2.75, 3.05) is 6.54 Å². The number of aromatic nitrogens is 4. The summed E-state index contributed by atoms with van der Waals surface area (Å²) in [5.41, 5.74) is 5.54. The molecule has 0 atom stereocenters. The fourth-order valence-corrected chi connectivity index (χ4v) is 3.67. The van der Waals surface area contributed by atoms with Gasteiger partial charge in [0.2, 0.25) is 5.88 Å². The highest BCUT2D eigenvalue weighted by atomic mass is 16.5. The number of nitrogens with zero attached hydrogens (tertiary/aromatic N) is 5. The van der Waals surface area contributed by atoms with Gasteiger partial charge in [0, 0.05) is 55.3 Å². The summed E-state index contributed by atoms with van der Waals surface area (Å²) in [5, 5.41) is 4.74. The molecule has 150 valence electrons. The lowest BCUT2D eigenvalue weighted by atomic mass is 10.0. The molecule has 0 fully saturated rings. The van der Waals surface area contributed by atoms with Crippen LogP contribution in [-0.4, -0.2) is 37.1 Å². The van der Waals surface area contributed by atoms with Gasteiger partial charge in [-0.25, -0.2) is 9.97 Å². The first-order valence-corrected chi connectivity index (χ1v) is 9.91. The summed E-state index contributed by atoms with van der Waals surface area (Å²) in [6.45, 7) is 8.27. The van der Waals surface area contributed by atoms with E-state index in [9.17, 15) is 4.79 Å². The van der Waals surface area contributed by atoms with Gasteiger partial charge in [-0.3, -0.25) is 9.48 Å². The van der Waals surface area contributed by atoms with Gasteiger partial charge in [-0.05, 0) is 44.5 Å². The third-order valence-corrected chi connectivity index (χ3v) is 5.16. The van der Waals surface area contributed by atoms with Crippen LogP contribution in [0.1, 0.15) is 45.6 Å². The van der Waals surface area contributed by atoms with Gasteiger partial charge in [0.05, 0.1) is 0 Å². The lowest BCUT2D eigenvalue weighted by molar-refractivity contribution is 0.0726. The standard InChI is InChI=1S/C22H25N5O2/c1-4-27-20-9-11-26(22(28)18-7-5-6-16(3)24-18)13-17(20)19(25-27)14-29-21-12-15(2)8-10-23-21/h5-8,10,12H,4,9,11,13-14H2,1-3H3. The third kappa shape index (κ3) is 3.99. The zero-order valence-electron chi connectivity index (χ0n) is 17.1. The molecule has 4 rings (SSSR count). The second-order valence-electron chi connectivity index (χ2n) is 7.29. The molecule has 0 bridgehead atoms. The minimum absolute atomic E-state index is 0.0455. The maximum Gasteiger partial charge on any atom is 0.272 e. The summed E-state index contributed by atoms with van der Waals surface area (Å²) in [6.07, 6.45) is 2.51. The van der Waals surface area contributed by atoms with Gasteiger partial charge in [-0.1, -0.05) is 6.07 Å². The molecule has 0 aromatic carbocycles. The van der Waals surface area contributed by atoms with Crippen molar-refractivity contribution in [1.82, 2.24) is 24.6 Å². The SMILES string of the molecule is CCn1nc(COc2cc(C)ccn2)c2c1CCN(C(=O)c1cccc(C)n1)C2. The molecule has 0 saturated heterocycles. The Morgan fingerprint density at radius 2 is 2.10 bits per heavy atom. The highest BCUT2D eigenvalue weighted by Crippen LogP contribution is 2.25. The van der Waals surface area contributed by atoms with E-state index >= 15 is 0 Å². The van der Waals surface area contributed by atoms with Crippen LogP contribution in [0.5, 0.6) is 5.88 Å². The van der Waals surface area contributed by atoms with Gasteiger partial charge in [-0.15, -0.1) is 0 Å². The topological polar surface area (TPSA) is 73.1 Å². The van der Waals surface area contributed by atoms with Crippen LogP contribution in [0.25, 0.3) is 0 Å². The van der Waals surface area contributed by atoms with Crippen LogP contribution in [0.15, 0.2) is 36.5 Å². The highest BCUT2D eigenvalue weighted by Gasteiger charge is 2.28. The van der Waals surface area contributed by atoms with Crippen molar-refractivity contribution in [3.05, 3.63) is 70.4 Å². The smallest absolute Gasteiger partial charge is 0.272 e. The highest BCUT2D eigenvalue weighted by molar-refractivity contribution is 5.92. The summed E-state index contributed by atoms with van der Waals surface area (Å²) in [7, 11) is 0. The molecule has 29 heavy (non-hydrogen) atoms. The van der Waals surface area contributed by atoms with Crippen molar-refractivity contribution in [3.8, 4) is 5.88 Å². The monoisotopic (exact) mass is 391 g/mol. The number of carbonyl (C=O) groups is 1. The number of rotatable bonds is 5. The Bertz CT molecular complexity index is 1040. The van der Waals surface area contributed by atoms with Crippen molar-refractivity contribution in [2.45, 2.75) is 46.9 Å². The van der Waals surface area contributed by atoms with Crippen LogP contribution in [0, 0.1) is 13.8 Å². The zero-order valence-corrected chi connectivity index (χ0v) is 17.1. The molecule has 1 aliphatic rings. The second-order valence-corrected chi connectivity index (χ2v) is 7.29. The van der Waals surface area contributed by atoms with Crippen LogP contribution < -0.4 is 4.74 Å². The first-order valence-electron chi connectivity index (χ1n) is 9.91. The van der Waals surface area contributed by atoms with Crippen molar-refractivity contribution < 1.29 is 9.53 Å². The van der Waals surface area contributed by atoms with Crippen LogP contribution >= 0.6 is 0 Å². The number of amides is 1. The number of carbonyl (C=O) groups excluding carboxylic acids is 1. The molecular formula is C22H25N5O2. The molecule has 3 aromatic rings. The van der Waals surface area contributed by atoms with Crippen LogP contribution in [0.3, 0.4) is 0 Å². The molecule has 0 aliphatic carbocycles. The summed E-state index contributed by atoms with van der Waals surface area (Å²) >= 11 is 0. The number of pyridine rings is 2. The van der Waals surface area contributed by atoms with E-state index in [0.717, 1.165) is 35.5 Å². The molecule has 0 saturated carbocycles. The Kier molecular flexibility index (Phi) is 5.29. The Morgan fingerprint density at radius 3 is 2.86 bits per heavy atom. The number of hydrogen-bond acceptors (Lipinski definition) is 5. The van der Waals surface area contributed by atoms with Crippen molar-refractivity contribution in [1.29, 1.82) is 0 Å². The van der Waals surface area contributed by atoms with E-state index in [-0.39, 0.29) is 5.91 Å². The quantitative estimate of drug-likeness (QED) is 0.668. The second kappa shape index (κ2) is 8.03. The van der Waals surface area contributed by atoms with E-state index in [2.05, 4.69) is 16.9 Å². The van der Waals surface area contributed by atoms with Gasteiger partial charge >= 0.3 is 0 Å². The molecule has 4 heterocycles. The maximum absolute atomic E-state index is 13.0. The van der Waals surface area contributed by atoms with Crippen LogP contribution in [-0.2, 0) is 26.1 Å². The summed E-state index contributed by atoms with van der Waals surface area (Å²) in [6, 6.07) is 9.37. The van der Waals surface area contributed by atoms with E-state index in [1.807, 2.05) is 47.7 Å². The largest absolute Gasteiger partial charge is 0.471 e. The number of aryl methyl sites for hydroxylation is 3. The fraction of sp³-hybridized carbons (Fsp3) is 0.364. The predicted molar refractivity (Wildman–Crippen MR) is 109 cm³/mol. The summed E-state index contributed by atoms with van der Waals surface area (Å²) in [5.74, 6) is 0.535. The van der Waals surface area contributed by atoms with Gasteiger partial charge in [0.1, 0.15) is 18.0 Å². The molecule has 1 amide bonds. The van der Waals surface area contributed by atoms with Crippen molar-refractivity contribution in [2.24, 2.45) is 0 Å². The van der Waals surface area contributed by atoms with E-state index in [4.69, 9.17) is 9.84 Å². The molecule has 3 aromatic heterocycles. The summed E-state index contributed by atoms with van der Waals surface area (Å²) in [4.78, 5) is 23.5. The molecule has 0 spiro atoms. The van der Waals surface area contributed by atoms with E-state index in [0.29, 0.717) is 31.3 Å². The molecule has 7 nitrogen and oxygen atoms in total. The average molecular weight is 391 g/mol. The Balaban J connectivity index is 1.56. The molecule has 1 aliphatic heterocycles. The van der Waals surface area contributed by atoms with Crippen molar-refractivity contribution >= 4 is 5.91 Å². The summed E-state index contributed by atoms with van der Waals surface area (Å²) < 4.78 is 7.91. The van der Waals surface area contributed by atoms with Crippen LogP contribution in [0.4, 0.5) is 0 Å². The lowest BCUT2D eigenvalue weighted by Gasteiger charge is -2.27. The predicted octanol–water partition coefficient (Wildman–Crippen LogP) is 3.09. The molecule has 0 unspecified atom stereocenters. The normalized spacial score (nSPS) is 13.3. The third-order valence-electron chi connectivity index (χ3n) is 5.16. The lowest BCUT2D eigenvalue weighted by Crippen LogP contribution is -2.37. The minimum Gasteiger partial charge on any atom is -0.471 e. The fourth-order valence-electron chi connectivity index (χ4n) is 3.67. The van der Waals surface area contributed by atoms with Gasteiger partial charge < -0.3 is 9.64 Å². The Labute approximate surface area is 170 Å². The zero-order chi connectivity index (χ0) is 20.4. The molecule has 0 radical (unpaired) electrons. The number of hydrogen-bond donors (Lipinski definition) is 0. The van der Waals surface area contributed by atoms with Gasteiger partial charge in [-0.2, -0.15) is 5.10 Å². The molecule has 7 heteroatoms. The number of ether oxygens (including phenoxy) is 1. The van der Waals surface area contributed by atoms with E-state index in [1.165, 1.54) is 5.69 Å². The Hall–Kier alpha value is -3.22.